The second-order valence-corrected chi connectivity index (χ2v) is 10.1. The molecule has 164 valence electrons. The number of aliphatic hydroxyl groups excluding tert-OH is 1. The molecule has 0 amide bonds. The van der Waals surface area contributed by atoms with Crippen molar-refractivity contribution >= 4 is 36.6 Å². The molecular weight excluding hydrogens is 462 g/mol. The molecule has 2 atom stereocenters. The molecule has 0 bridgehead atoms. The van der Waals surface area contributed by atoms with Gasteiger partial charge < -0.3 is 9.84 Å². The SMILES string of the molecule is O=C1C(O)=C2OC3C=C(S(=O)(=O)O)c4cc(S(=O)(=O)O)ccc4C3N=C2c2ccccc21. The largest absolute Gasteiger partial charge is 0.501 e. The molecule has 12 heteroatoms. The molecule has 1 heterocycles. The number of benzene rings is 2. The number of ketones is 1. The molecule has 32 heavy (non-hydrogen) atoms. The first-order valence-corrected chi connectivity index (χ1v) is 12.0. The number of fused-ring (bicyclic) bond motifs is 6. The fraction of sp³-hybridized carbons (Fsp3) is 0.100. The van der Waals surface area contributed by atoms with E-state index in [4.69, 9.17) is 4.74 Å². The van der Waals surface area contributed by atoms with Gasteiger partial charge in [0.05, 0.1) is 4.90 Å². The van der Waals surface area contributed by atoms with Gasteiger partial charge in [-0.15, -0.1) is 0 Å². The van der Waals surface area contributed by atoms with Crippen molar-refractivity contribution in [3.63, 3.8) is 0 Å². The van der Waals surface area contributed by atoms with Gasteiger partial charge in [0.25, 0.3) is 20.2 Å². The van der Waals surface area contributed by atoms with Gasteiger partial charge in [-0.05, 0) is 23.8 Å². The van der Waals surface area contributed by atoms with Crippen LogP contribution < -0.4 is 0 Å². The topological polar surface area (TPSA) is 168 Å². The smallest absolute Gasteiger partial charge is 0.294 e. The van der Waals surface area contributed by atoms with Crippen LogP contribution >= 0.6 is 0 Å². The van der Waals surface area contributed by atoms with Gasteiger partial charge >= 0.3 is 0 Å². The van der Waals surface area contributed by atoms with Crippen LogP contribution in [0.15, 0.2) is 69.9 Å². The fourth-order valence-corrected chi connectivity index (χ4v) is 5.28. The van der Waals surface area contributed by atoms with Crippen molar-refractivity contribution in [2.45, 2.75) is 17.0 Å². The average Bonchev–Trinajstić information content (AvgIpc) is 2.74. The number of ether oxygens (including phenoxy) is 1. The lowest BCUT2D eigenvalue weighted by molar-refractivity contribution is 0.0904. The third-order valence-corrected chi connectivity index (χ3v) is 7.17. The molecule has 10 nitrogen and oxygen atoms in total. The minimum absolute atomic E-state index is 0.173. The van der Waals surface area contributed by atoms with Crippen molar-refractivity contribution in [1.29, 1.82) is 0 Å². The number of nitrogens with zero attached hydrogens (tertiary/aromatic N) is 1. The summed E-state index contributed by atoms with van der Waals surface area (Å²) in [5.41, 5.74) is 0.824. The van der Waals surface area contributed by atoms with E-state index in [9.17, 15) is 35.8 Å². The van der Waals surface area contributed by atoms with E-state index in [-0.39, 0.29) is 28.2 Å². The molecule has 0 fully saturated rings. The number of hydrogen-bond acceptors (Lipinski definition) is 8. The third-order valence-electron chi connectivity index (χ3n) is 5.41. The standard InChI is InChI=1S/C20H13NO9S2/c22-18-12-4-2-1-3-10(12)17-20(19(18)23)30-14-8-15(32(27,28)29)13-7-9(31(24,25)26)5-6-11(13)16(14)21-17/h1-8,14,16,23H,(H,24,25,26)(H,27,28,29). The minimum atomic E-state index is -4.84. The average molecular weight is 475 g/mol. The lowest BCUT2D eigenvalue weighted by Crippen LogP contribution is -2.36. The molecule has 3 aliphatic rings. The Balaban J connectivity index is 1.78. The Morgan fingerprint density at radius 2 is 1.59 bits per heavy atom. The van der Waals surface area contributed by atoms with E-state index < -0.39 is 53.7 Å². The Hall–Kier alpha value is -3.32. The molecule has 3 N–H and O–H groups in total. The van der Waals surface area contributed by atoms with Crippen LogP contribution in [0.3, 0.4) is 0 Å². The summed E-state index contributed by atoms with van der Waals surface area (Å²) in [6, 6.07) is 8.78. The van der Waals surface area contributed by atoms with Gasteiger partial charge in [0, 0.05) is 16.7 Å². The highest BCUT2D eigenvalue weighted by molar-refractivity contribution is 7.95. The first kappa shape index (κ1) is 20.6. The van der Waals surface area contributed by atoms with Crippen LogP contribution in [0.4, 0.5) is 0 Å². The number of carbonyl (C=O) groups is 1. The highest BCUT2D eigenvalue weighted by Crippen LogP contribution is 2.44. The van der Waals surface area contributed by atoms with Crippen molar-refractivity contribution in [2.24, 2.45) is 4.99 Å². The summed E-state index contributed by atoms with van der Waals surface area (Å²) < 4.78 is 72.0. The molecule has 2 unspecified atom stereocenters. The maximum absolute atomic E-state index is 12.5. The maximum Gasteiger partial charge on any atom is 0.294 e. The van der Waals surface area contributed by atoms with E-state index in [1.165, 1.54) is 12.1 Å². The molecule has 0 radical (unpaired) electrons. The minimum Gasteiger partial charge on any atom is -0.501 e. The Bertz CT molecular complexity index is 1530. The van der Waals surface area contributed by atoms with E-state index in [0.717, 1.165) is 18.2 Å². The van der Waals surface area contributed by atoms with Crippen molar-refractivity contribution < 1.29 is 40.6 Å². The molecule has 1 aliphatic heterocycles. The summed E-state index contributed by atoms with van der Waals surface area (Å²) in [5.74, 6) is -1.59. The second-order valence-electron chi connectivity index (χ2n) is 7.29. The van der Waals surface area contributed by atoms with E-state index in [0.29, 0.717) is 5.56 Å². The molecule has 5 rings (SSSR count). The number of allylic oxidation sites excluding steroid dienone is 2. The van der Waals surface area contributed by atoms with Gasteiger partial charge in [-0.1, -0.05) is 30.3 Å². The summed E-state index contributed by atoms with van der Waals surface area (Å²) in [4.78, 5) is 15.9. The molecule has 0 saturated heterocycles. The fourth-order valence-electron chi connectivity index (χ4n) is 4.01. The predicted molar refractivity (Wildman–Crippen MR) is 110 cm³/mol. The number of aliphatic imine (C=N–C) groups is 1. The molecule has 2 aromatic rings. The molecule has 0 spiro atoms. The third kappa shape index (κ3) is 2.99. The van der Waals surface area contributed by atoms with Crippen LogP contribution in [0.2, 0.25) is 0 Å². The summed E-state index contributed by atoms with van der Waals surface area (Å²) >= 11 is 0. The van der Waals surface area contributed by atoms with Gasteiger partial charge in [-0.2, -0.15) is 16.8 Å². The summed E-state index contributed by atoms with van der Waals surface area (Å²) in [5, 5.41) is 10.4. The number of carbonyl (C=O) groups excluding carboxylic acids is 1. The van der Waals surface area contributed by atoms with Crippen LogP contribution in [0.25, 0.3) is 4.91 Å². The maximum atomic E-state index is 12.5. The van der Waals surface area contributed by atoms with Crippen molar-refractivity contribution in [3.8, 4) is 0 Å². The number of rotatable bonds is 2. The van der Waals surface area contributed by atoms with Crippen LogP contribution in [-0.4, -0.2) is 48.6 Å². The predicted octanol–water partition coefficient (Wildman–Crippen LogP) is 2.07. The zero-order valence-electron chi connectivity index (χ0n) is 15.8. The monoisotopic (exact) mass is 475 g/mol. The molecule has 0 aromatic heterocycles. The first-order valence-electron chi connectivity index (χ1n) is 9.10. The van der Waals surface area contributed by atoms with Crippen LogP contribution in [0.1, 0.15) is 33.1 Å². The Labute approximate surface area is 181 Å². The normalized spacial score (nSPS) is 22.0. The van der Waals surface area contributed by atoms with Crippen LogP contribution in [0, 0.1) is 0 Å². The number of Topliss-reactive ketones (excluding diaryl/α,β-unsaturated/α-hetero) is 1. The van der Waals surface area contributed by atoms with E-state index in [1.807, 2.05) is 0 Å². The van der Waals surface area contributed by atoms with Gasteiger partial charge in [0.15, 0.2) is 5.76 Å². The van der Waals surface area contributed by atoms with Gasteiger partial charge in [0.1, 0.15) is 22.8 Å². The van der Waals surface area contributed by atoms with E-state index >= 15 is 0 Å². The molecule has 2 aliphatic carbocycles. The molecule has 2 aromatic carbocycles. The lowest BCUT2D eigenvalue weighted by Gasteiger charge is -2.36. The van der Waals surface area contributed by atoms with Crippen LogP contribution in [0.5, 0.6) is 0 Å². The zero-order chi connectivity index (χ0) is 23.0. The molecule has 0 saturated carbocycles. The highest BCUT2D eigenvalue weighted by atomic mass is 32.2. The summed E-state index contributed by atoms with van der Waals surface area (Å²) in [7, 11) is -9.50. The molecular formula is C20H13NO9S2. The second kappa shape index (κ2) is 6.59. The van der Waals surface area contributed by atoms with E-state index in [2.05, 4.69) is 4.99 Å². The summed E-state index contributed by atoms with van der Waals surface area (Å²) in [6.07, 6.45) is -0.114. The quantitative estimate of drug-likeness (QED) is 0.551. The lowest BCUT2D eigenvalue weighted by atomic mass is 9.86. The van der Waals surface area contributed by atoms with Gasteiger partial charge in [-0.25, -0.2) is 0 Å². The van der Waals surface area contributed by atoms with Gasteiger partial charge in [-0.3, -0.25) is 18.9 Å². The Kier molecular flexibility index (Phi) is 4.24. The van der Waals surface area contributed by atoms with Crippen LogP contribution in [-0.2, 0) is 25.0 Å². The highest BCUT2D eigenvalue weighted by Gasteiger charge is 2.43. The first-order chi connectivity index (χ1) is 15.0. The van der Waals surface area contributed by atoms with Crippen molar-refractivity contribution in [2.75, 3.05) is 0 Å². The Morgan fingerprint density at radius 3 is 2.25 bits per heavy atom. The zero-order valence-corrected chi connectivity index (χ0v) is 17.5. The number of hydrogen-bond donors (Lipinski definition) is 3. The van der Waals surface area contributed by atoms with E-state index in [1.54, 1.807) is 18.2 Å². The summed E-state index contributed by atoms with van der Waals surface area (Å²) in [6.45, 7) is 0. The number of aliphatic hydroxyl groups is 1. The van der Waals surface area contributed by atoms with Crippen molar-refractivity contribution in [3.05, 3.63) is 82.3 Å². The van der Waals surface area contributed by atoms with Crippen molar-refractivity contribution in [1.82, 2.24) is 0 Å². The van der Waals surface area contributed by atoms with Gasteiger partial charge in [0.2, 0.25) is 11.5 Å². The Morgan fingerprint density at radius 1 is 0.906 bits per heavy atom.